The highest BCUT2D eigenvalue weighted by atomic mass is 32.2. The van der Waals surface area contributed by atoms with Crippen molar-refractivity contribution in [3.63, 3.8) is 0 Å². The van der Waals surface area contributed by atoms with Crippen molar-refractivity contribution in [2.24, 2.45) is 0 Å². The van der Waals surface area contributed by atoms with Gasteiger partial charge in [-0.25, -0.2) is 8.42 Å². The van der Waals surface area contributed by atoms with Gasteiger partial charge in [0.05, 0.1) is 12.3 Å². The van der Waals surface area contributed by atoms with Gasteiger partial charge in [0.15, 0.2) is 0 Å². The standard InChI is InChI=1S/C6H8N4O2S/c1-5(2-7)10-13(11,12)6-3-8-9-4-6/h3-5,10H,1H3,(H,8,9)/t5-/m1/s1. The van der Waals surface area contributed by atoms with Crippen LogP contribution in [-0.4, -0.2) is 24.7 Å². The van der Waals surface area contributed by atoms with Gasteiger partial charge in [-0.3, -0.25) is 5.10 Å². The zero-order valence-corrected chi connectivity index (χ0v) is 7.67. The van der Waals surface area contributed by atoms with E-state index in [-0.39, 0.29) is 4.90 Å². The molecule has 13 heavy (non-hydrogen) atoms. The molecule has 1 aromatic heterocycles. The van der Waals surface area contributed by atoms with E-state index in [1.165, 1.54) is 19.3 Å². The maximum atomic E-state index is 11.3. The average Bonchev–Trinajstić information content (AvgIpc) is 2.55. The summed E-state index contributed by atoms with van der Waals surface area (Å²) in [4.78, 5) is 0.0228. The Morgan fingerprint density at radius 2 is 2.46 bits per heavy atom. The van der Waals surface area contributed by atoms with Gasteiger partial charge in [-0.15, -0.1) is 0 Å². The van der Waals surface area contributed by atoms with E-state index in [4.69, 9.17) is 5.26 Å². The van der Waals surface area contributed by atoms with E-state index >= 15 is 0 Å². The van der Waals surface area contributed by atoms with Gasteiger partial charge in [0, 0.05) is 6.20 Å². The van der Waals surface area contributed by atoms with Crippen LogP contribution in [0.5, 0.6) is 0 Å². The Hall–Kier alpha value is -1.39. The minimum atomic E-state index is -3.59. The number of H-pyrrole nitrogens is 1. The molecule has 0 aliphatic heterocycles. The Balaban J connectivity index is 2.87. The molecule has 0 amide bonds. The minimum Gasteiger partial charge on any atom is -0.284 e. The van der Waals surface area contributed by atoms with Crippen LogP contribution in [0.1, 0.15) is 6.92 Å². The number of aromatic amines is 1. The summed E-state index contributed by atoms with van der Waals surface area (Å²) in [6.07, 6.45) is 2.42. The van der Waals surface area contributed by atoms with Crippen molar-refractivity contribution in [1.29, 1.82) is 5.26 Å². The second-order valence-electron chi connectivity index (χ2n) is 2.41. The van der Waals surface area contributed by atoms with E-state index in [0.717, 1.165) is 0 Å². The predicted molar refractivity (Wildman–Crippen MR) is 44.0 cm³/mol. The Morgan fingerprint density at radius 3 is 2.92 bits per heavy atom. The molecule has 0 saturated carbocycles. The fourth-order valence-electron chi connectivity index (χ4n) is 0.713. The summed E-state index contributed by atoms with van der Waals surface area (Å²) in [6, 6.07) is 1.01. The molecule has 1 rings (SSSR count). The van der Waals surface area contributed by atoms with Crippen molar-refractivity contribution in [2.75, 3.05) is 0 Å². The van der Waals surface area contributed by atoms with Gasteiger partial charge >= 0.3 is 0 Å². The number of nitrogens with one attached hydrogen (secondary N) is 2. The highest BCUT2D eigenvalue weighted by Gasteiger charge is 2.17. The van der Waals surface area contributed by atoms with Crippen molar-refractivity contribution in [2.45, 2.75) is 17.9 Å². The molecule has 70 valence electrons. The molecule has 0 radical (unpaired) electrons. The van der Waals surface area contributed by atoms with Crippen LogP contribution in [0.4, 0.5) is 0 Å². The van der Waals surface area contributed by atoms with E-state index in [1.807, 2.05) is 0 Å². The molecule has 7 heteroatoms. The Kier molecular flexibility index (Phi) is 2.65. The third-order valence-corrected chi connectivity index (χ3v) is 2.82. The summed E-state index contributed by atoms with van der Waals surface area (Å²) in [6.45, 7) is 1.46. The Morgan fingerprint density at radius 1 is 1.77 bits per heavy atom. The van der Waals surface area contributed by atoms with E-state index in [2.05, 4.69) is 14.9 Å². The van der Waals surface area contributed by atoms with Crippen molar-refractivity contribution >= 4 is 10.0 Å². The molecule has 0 unspecified atom stereocenters. The lowest BCUT2D eigenvalue weighted by molar-refractivity contribution is 0.577. The summed E-state index contributed by atoms with van der Waals surface area (Å²) in [5.74, 6) is 0. The predicted octanol–water partition coefficient (Wildman–Crippen LogP) is -0.400. The van der Waals surface area contributed by atoms with Gasteiger partial charge in [-0.2, -0.15) is 15.1 Å². The maximum absolute atomic E-state index is 11.3. The average molecular weight is 200 g/mol. The molecule has 0 fully saturated rings. The summed E-state index contributed by atoms with van der Waals surface area (Å²) in [5, 5.41) is 14.3. The molecule has 0 bridgehead atoms. The third kappa shape index (κ3) is 2.27. The smallest absolute Gasteiger partial charge is 0.244 e. The first-order valence-electron chi connectivity index (χ1n) is 3.47. The molecule has 6 nitrogen and oxygen atoms in total. The van der Waals surface area contributed by atoms with Crippen molar-refractivity contribution in [3.05, 3.63) is 12.4 Å². The highest BCUT2D eigenvalue weighted by Crippen LogP contribution is 2.04. The summed E-state index contributed by atoms with van der Waals surface area (Å²) >= 11 is 0. The van der Waals surface area contributed by atoms with Gasteiger partial charge in [0.1, 0.15) is 10.9 Å². The molecule has 0 saturated heterocycles. The van der Waals surface area contributed by atoms with Crippen LogP contribution >= 0.6 is 0 Å². The number of aromatic nitrogens is 2. The molecular formula is C6H8N4O2S. The molecule has 0 spiro atoms. The van der Waals surface area contributed by atoms with Crippen LogP contribution in [0.15, 0.2) is 17.3 Å². The molecule has 1 atom stereocenters. The molecular weight excluding hydrogens is 192 g/mol. The van der Waals surface area contributed by atoms with Gasteiger partial charge < -0.3 is 0 Å². The van der Waals surface area contributed by atoms with Crippen molar-refractivity contribution in [3.8, 4) is 6.07 Å². The van der Waals surface area contributed by atoms with E-state index in [1.54, 1.807) is 6.07 Å². The van der Waals surface area contributed by atoms with Crippen LogP contribution in [0.25, 0.3) is 0 Å². The maximum Gasteiger partial charge on any atom is 0.244 e. The fraction of sp³-hybridized carbons (Fsp3) is 0.333. The van der Waals surface area contributed by atoms with Gasteiger partial charge in [-0.05, 0) is 6.92 Å². The number of nitrogens with zero attached hydrogens (tertiary/aromatic N) is 2. The highest BCUT2D eigenvalue weighted by molar-refractivity contribution is 7.89. The van der Waals surface area contributed by atoms with E-state index in [0.29, 0.717) is 0 Å². The normalized spacial score (nSPS) is 13.5. The summed E-state index contributed by atoms with van der Waals surface area (Å²) < 4.78 is 24.8. The molecule has 0 aliphatic carbocycles. The first-order valence-corrected chi connectivity index (χ1v) is 4.95. The monoisotopic (exact) mass is 200 g/mol. The lowest BCUT2D eigenvalue weighted by Gasteiger charge is -2.04. The number of hydrogen-bond acceptors (Lipinski definition) is 4. The number of sulfonamides is 1. The molecule has 0 aromatic carbocycles. The molecule has 1 heterocycles. The second-order valence-corrected chi connectivity index (χ2v) is 4.12. The van der Waals surface area contributed by atoms with Crippen molar-refractivity contribution in [1.82, 2.24) is 14.9 Å². The topological polar surface area (TPSA) is 98.6 Å². The summed E-state index contributed by atoms with van der Waals surface area (Å²) in [7, 11) is -3.59. The van der Waals surface area contributed by atoms with Crippen molar-refractivity contribution < 1.29 is 8.42 Å². The first-order chi connectivity index (χ1) is 6.06. The van der Waals surface area contributed by atoms with Crippen LogP contribution in [0, 0.1) is 11.3 Å². The second kappa shape index (κ2) is 3.55. The zero-order chi connectivity index (χ0) is 9.90. The lowest BCUT2D eigenvalue weighted by Crippen LogP contribution is -2.31. The Labute approximate surface area is 75.6 Å². The molecule has 1 aromatic rings. The van der Waals surface area contributed by atoms with E-state index < -0.39 is 16.1 Å². The summed E-state index contributed by atoms with van der Waals surface area (Å²) in [5.41, 5.74) is 0. The quantitative estimate of drug-likeness (QED) is 0.693. The Bertz CT molecular complexity index is 402. The van der Waals surface area contributed by atoms with Gasteiger partial charge in [-0.1, -0.05) is 0 Å². The van der Waals surface area contributed by atoms with Crippen LogP contribution in [0.3, 0.4) is 0 Å². The van der Waals surface area contributed by atoms with Crippen LogP contribution in [-0.2, 0) is 10.0 Å². The first kappa shape index (κ1) is 9.70. The molecule has 2 N–H and O–H groups in total. The zero-order valence-electron chi connectivity index (χ0n) is 6.85. The third-order valence-electron chi connectivity index (χ3n) is 1.31. The fourth-order valence-corrected chi connectivity index (χ4v) is 1.77. The van der Waals surface area contributed by atoms with Gasteiger partial charge in [0.25, 0.3) is 0 Å². The van der Waals surface area contributed by atoms with E-state index in [9.17, 15) is 8.42 Å². The molecule has 0 aliphatic rings. The minimum absolute atomic E-state index is 0.0228. The van der Waals surface area contributed by atoms with Crippen LogP contribution in [0.2, 0.25) is 0 Å². The number of hydrogen-bond donors (Lipinski definition) is 2. The van der Waals surface area contributed by atoms with Crippen LogP contribution < -0.4 is 4.72 Å². The lowest BCUT2D eigenvalue weighted by atomic mass is 10.4. The SMILES string of the molecule is C[C@H](C#N)NS(=O)(=O)c1cn[nH]c1. The number of rotatable bonds is 3. The van der Waals surface area contributed by atoms with Gasteiger partial charge in [0.2, 0.25) is 10.0 Å². The number of nitriles is 1. The largest absolute Gasteiger partial charge is 0.284 e.